The molecule has 2 aliphatic carbocycles. The Balaban J connectivity index is 1.40. The summed E-state index contributed by atoms with van der Waals surface area (Å²) >= 11 is -3.14. The third-order valence-corrected chi connectivity index (χ3v) is 35.2. The summed E-state index contributed by atoms with van der Waals surface area (Å²) in [6, 6.07) is 30.6. The van der Waals surface area contributed by atoms with Crippen LogP contribution in [0.4, 0.5) is 0 Å². The molecule has 0 N–H and O–H groups in total. The van der Waals surface area contributed by atoms with Gasteiger partial charge in [-0.1, -0.05) is 0 Å². The second kappa shape index (κ2) is 13.1. The Hall–Kier alpha value is -2.55. The molecule has 2 unspecified atom stereocenters. The quantitative estimate of drug-likeness (QED) is 0.128. The minimum atomic E-state index is -3.14. The summed E-state index contributed by atoms with van der Waals surface area (Å²) in [6.45, 7) is 23.8. The van der Waals surface area contributed by atoms with Crippen LogP contribution in [-0.2, 0) is 30.8 Å². The van der Waals surface area contributed by atoms with Crippen LogP contribution in [0.25, 0.3) is 34.4 Å². The molecule has 1 saturated heterocycles. The fraction of sp³-hybridized carbons (Fsp3) is 0.429. The first kappa shape index (κ1) is 36.8. The summed E-state index contributed by atoms with van der Waals surface area (Å²) in [5.41, 5.74) is 18.1. The number of unbranched alkanes of at least 4 members (excludes halogenated alkanes) is 3. The molecular formula is C49H62HfSi. The van der Waals surface area contributed by atoms with Gasteiger partial charge in [0.2, 0.25) is 0 Å². The van der Waals surface area contributed by atoms with Crippen LogP contribution in [-0.4, -0.2) is 8.07 Å². The number of aryl methyl sites for hydroxylation is 2. The van der Waals surface area contributed by atoms with Crippen molar-refractivity contribution in [2.75, 3.05) is 0 Å². The summed E-state index contributed by atoms with van der Waals surface area (Å²) in [4.78, 5) is 0. The van der Waals surface area contributed by atoms with Crippen molar-refractivity contribution in [3.8, 4) is 22.3 Å². The van der Waals surface area contributed by atoms with Gasteiger partial charge >= 0.3 is 318 Å². The van der Waals surface area contributed by atoms with Crippen molar-refractivity contribution >= 4 is 20.2 Å². The topological polar surface area (TPSA) is 0 Å². The van der Waals surface area contributed by atoms with Gasteiger partial charge in [0, 0.05) is 0 Å². The normalized spacial score (nSPS) is 21.8. The van der Waals surface area contributed by atoms with E-state index in [-0.39, 0.29) is 10.8 Å². The first-order valence-corrected chi connectivity index (χ1v) is 34.0. The summed E-state index contributed by atoms with van der Waals surface area (Å²) in [6.07, 6.45) is 10.9. The summed E-state index contributed by atoms with van der Waals surface area (Å²) < 4.78 is 6.97. The molecule has 4 aromatic rings. The number of hydrogen-bond acceptors (Lipinski definition) is 0. The van der Waals surface area contributed by atoms with Crippen LogP contribution in [0.2, 0.25) is 22.0 Å². The number of hydrogen-bond donors (Lipinski definition) is 0. The first-order chi connectivity index (χ1) is 24.0. The van der Waals surface area contributed by atoms with Gasteiger partial charge in [-0.25, -0.2) is 0 Å². The Labute approximate surface area is 316 Å². The first-order valence-electron chi connectivity index (χ1n) is 19.9. The Morgan fingerprint density at radius 1 is 0.588 bits per heavy atom. The van der Waals surface area contributed by atoms with Crippen molar-refractivity contribution in [3.63, 3.8) is 0 Å². The Morgan fingerprint density at radius 2 is 1.04 bits per heavy atom. The van der Waals surface area contributed by atoms with E-state index < -0.39 is 28.0 Å². The van der Waals surface area contributed by atoms with Crippen molar-refractivity contribution in [1.29, 1.82) is 0 Å². The zero-order valence-corrected chi connectivity index (χ0v) is 38.4. The van der Waals surface area contributed by atoms with E-state index in [4.69, 9.17) is 0 Å². The van der Waals surface area contributed by atoms with Crippen LogP contribution >= 0.6 is 0 Å². The van der Waals surface area contributed by atoms with Gasteiger partial charge in [0.15, 0.2) is 0 Å². The molecule has 266 valence electrons. The zero-order valence-electron chi connectivity index (χ0n) is 33.8. The summed E-state index contributed by atoms with van der Waals surface area (Å²) in [5.74, 6) is 0. The summed E-state index contributed by atoms with van der Waals surface area (Å²) in [5, 5.41) is 3.78. The Kier molecular flexibility index (Phi) is 9.44. The fourth-order valence-electron chi connectivity index (χ4n) is 10.2. The van der Waals surface area contributed by atoms with Crippen molar-refractivity contribution in [3.05, 3.63) is 128 Å². The van der Waals surface area contributed by atoms with Gasteiger partial charge in [0.1, 0.15) is 0 Å². The third-order valence-electron chi connectivity index (χ3n) is 13.2. The zero-order chi connectivity index (χ0) is 36.7. The van der Waals surface area contributed by atoms with Crippen LogP contribution < -0.4 is 0 Å². The molecule has 0 saturated carbocycles. The van der Waals surface area contributed by atoms with Crippen molar-refractivity contribution in [2.45, 2.75) is 128 Å². The van der Waals surface area contributed by atoms with Crippen LogP contribution in [0.1, 0.15) is 126 Å². The molecule has 3 aliphatic rings. The van der Waals surface area contributed by atoms with Gasteiger partial charge in [0.25, 0.3) is 0 Å². The Bertz CT molecular complexity index is 1940. The van der Waals surface area contributed by atoms with Crippen molar-refractivity contribution < 1.29 is 20.0 Å². The van der Waals surface area contributed by atoms with Crippen molar-refractivity contribution in [1.82, 2.24) is 0 Å². The van der Waals surface area contributed by atoms with E-state index in [9.17, 15) is 0 Å². The molecule has 1 fully saturated rings. The van der Waals surface area contributed by atoms with E-state index in [1.54, 1.807) is 22.3 Å². The molecule has 51 heavy (non-hydrogen) atoms. The van der Waals surface area contributed by atoms with E-state index in [1.165, 1.54) is 76.2 Å². The summed E-state index contributed by atoms with van der Waals surface area (Å²) in [7, 11) is -2.00. The molecule has 2 atom stereocenters. The van der Waals surface area contributed by atoms with E-state index >= 15 is 0 Å². The number of allylic oxidation sites excluding steroid dienone is 2. The molecule has 0 amide bonds. The molecule has 1 aliphatic heterocycles. The minimum absolute atomic E-state index is 0.152. The molecule has 1 heterocycles. The van der Waals surface area contributed by atoms with E-state index in [0.717, 1.165) is 0 Å². The maximum atomic E-state index is 2.82. The SMILES string of the molecule is CCCCCC[Si]1(C)C2=Cc3c(-c4ccc(C(C)(C)C)cc4C)cccc3[CH]2[Hf]([CH3])([CH3])[CH]2C1=Cc1c(-c3ccc(C(C)(C)C)cc3C)cccc12. The van der Waals surface area contributed by atoms with E-state index in [2.05, 4.69) is 163 Å². The van der Waals surface area contributed by atoms with E-state index in [0.29, 0.717) is 7.35 Å². The molecule has 0 aromatic heterocycles. The standard InChI is InChI=1S/C47H56Si.2CH3.Hf/c1-11-12-13-14-25-48(10,38-28-34-17-15-19-42(44(34)30-38)40-23-21-36(26-32(40)2)46(4,5)6)39-29-35-18-16-20-43(45(35)31-39)41-24-22-37(27-33(41)3)47(7,8)9;;;/h15-24,26-31H,11-14,25H2,1-10H3;2*1H3;. The molecule has 2 heteroatoms. The van der Waals surface area contributed by atoms with Crippen LogP contribution in [0, 0.1) is 13.8 Å². The van der Waals surface area contributed by atoms with Gasteiger partial charge in [0.05, 0.1) is 0 Å². The fourth-order valence-corrected chi connectivity index (χ4v) is 42.7. The average Bonchev–Trinajstić information content (AvgIpc) is 3.67. The third kappa shape index (κ3) is 6.13. The van der Waals surface area contributed by atoms with Gasteiger partial charge in [-0.15, -0.1) is 0 Å². The molecule has 0 nitrogen and oxygen atoms in total. The molecule has 0 spiro atoms. The average molecular weight is 858 g/mol. The monoisotopic (exact) mass is 858 g/mol. The molecule has 7 rings (SSSR count). The van der Waals surface area contributed by atoms with E-state index in [1.807, 2.05) is 10.4 Å². The van der Waals surface area contributed by atoms with Crippen LogP contribution in [0.5, 0.6) is 0 Å². The van der Waals surface area contributed by atoms with Crippen molar-refractivity contribution in [2.24, 2.45) is 0 Å². The molecule has 0 radical (unpaired) electrons. The maximum absolute atomic E-state index is 3.14. The second-order valence-corrected chi connectivity index (χ2v) is 40.8. The van der Waals surface area contributed by atoms with Crippen LogP contribution in [0.3, 0.4) is 0 Å². The predicted octanol–water partition coefficient (Wildman–Crippen LogP) is 14.8. The van der Waals surface area contributed by atoms with Gasteiger partial charge in [-0.3, -0.25) is 0 Å². The molecule has 0 bridgehead atoms. The molecule has 4 aromatic carbocycles. The number of benzene rings is 4. The van der Waals surface area contributed by atoms with Gasteiger partial charge < -0.3 is 0 Å². The number of rotatable bonds is 7. The Morgan fingerprint density at radius 3 is 1.43 bits per heavy atom. The van der Waals surface area contributed by atoms with Gasteiger partial charge in [-0.2, -0.15) is 0 Å². The number of fused-ring (bicyclic) bond motifs is 6. The molecular weight excluding hydrogens is 795 g/mol. The van der Waals surface area contributed by atoms with Gasteiger partial charge in [-0.05, 0) is 0 Å². The second-order valence-electron chi connectivity index (χ2n) is 19.2. The predicted molar refractivity (Wildman–Crippen MR) is 224 cm³/mol. The van der Waals surface area contributed by atoms with Crippen LogP contribution in [0.15, 0.2) is 83.2 Å².